The summed E-state index contributed by atoms with van der Waals surface area (Å²) in [6.07, 6.45) is 8.54. The lowest BCUT2D eigenvalue weighted by molar-refractivity contribution is -0.130. The van der Waals surface area contributed by atoms with Crippen molar-refractivity contribution in [3.8, 4) is 0 Å². The fraction of sp³-hybridized carbons (Fsp3) is 0.692. The first-order valence-electron chi connectivity index (χ1n) is 6.65. The molecule has 0 bridgehead atoms. The molecule has 0 aromatic carbocycles. The Morgan fingerprint density at radius 3 is 2.55 bits per heavy atom. The molecule has 1 heterocycles. The van der Waals surface area contributed by atoms with Crippen LogP contribution in [0.3, 0.4) is 0 Å². The van der Waals surface area contributed by atoms with E-state index in [1.165, 1.54) is 0 Å². The fourth-order valence-corrected chi connectivity index (χ4v) is 1.77. The van der Waals surface area contributed by atoms with Crippen LogP contribution in [0.5, 0.6) is 0 Å². The third-order valence-corrected chi connectivity index (χ3v) is 2.99. The molecule has 0 aliphatic rings. The summed E-state index contributed by atoms with van der Waals surface area (Å²) in [5, 5.41) is 4.11. The molecule has 0 spiro atoms. The highest BCUT2D eigenvalue weighted by molar-refractivity contribution is 5.85. The molecule has 0 aliphatic carbocycles. The number of unbranched alkanes of at least 4 members (excludes halogenated alkanes) is 3. The number of halogens is 2. The van der Waals surface area contributed by atoms with Crippen LogP contribution in [0, 0.1) is 0 Å². The average Bonchev–Trinajstić information content (AvgIpc) is 2.88. The summed E-state index contributed by atoms with van der Waals surface area (Å²) in [5.41, 5.74) is 5.42. The lowest BCUT2D eigenvalue weighted by Gasteiger charge is -2.17. The van der Waals surface area contributed by atoms with Crippen molar-refractivity contribution >= 4 is 30.7 Å². The molecule has 0 atom stereocenters. The molecule has 5 nitrogen and oxygen atoms in total. The lowest BCUT2D eigenvalue weighted by atomic mass is 10.1. The van der Waals surface area contributed by atoms with Gasteiger partial charge in [0.25, 0.3) is 0 Å². The number of aromatic nitrogens is 2. The highest BCUT2D eigenvalue weighted by Crippen LogP contribution is 2.04. The van der Waals surface area contributed by atoms with Gasteiger partial charge >= 0.3 is 0 Å². The zero-order valence-electron chi connectivity index (χ0n) is 12.0. The van der Waals surface area contributed by atoms with Gasteiger partial charge in [-0.2, -0.15) is 5.10 Å². The number of amides is 1. The summed E-state index contributed by atoms with van der Waals surface area (Å²) in [7, 11) is 1.85. The Hall–Kier alpha value is -0.780. The van der Waals surface area contributed by atoms with Gasteiger partial charge in [0.15, 0.2) is 0 Å². The minimum Gasteiger partial charge on any atom is -0.344 e. The standard InChI is InChI=1S/C13H24N4O.2ClH/c1-16(11-12-17-10-6-9-15-17)13(18)7-4-2-3-5-8-14;;/h6,9-10H,2-5,7-8,11-12,14H2,1H3;2*1H. The van der Waals surface area contributed by atoms with Gasteiger partial charge in [-0.25, -0.2) is 0 Å². The normalized spacial score (nSPS) is 9.50. The van der Waals surface area contributed by atoms with Crippen LogP contribution in [0.15, 0.2) is 18.5 Å². The second-order valence-corrected chi connectivity index (χ2v) is 4.54. The largest absolute Gasteiger partial charge is 0.344 e. The van der Waals surface area contributed by atoms with Crippen molar-refractivity contribution in [1.29, 1.82) is 0 Å². The van der Waals surface area contributed by atoms with Gasteiger partial charge in [-0.1, -0.05) is 12.8 Å². The summed E-state index contributed by atoms with van der Waals surface area (Å²) in [4.78, 5) is 13.6. The van der Waals surface area contributed by atoms with E-state index < -0.39 is 0 Å². The lowest BCUT2D eigenvalue weighted by Crippen LogP contribution is -2.29. The highest BCUT2D eigenvalue weighted by atomic mass is 35.5. The van der Waals surface area contributed by atoms with Crippen molar-refractivity contribution < 1.29 is 4.79 Å². The van der Waals surface area contributed by atoms with Crippen LogP contribution in [0.25, 0.3) is 0 Å². The Bertz CT molecular complexity index is 333. The van der Waals surface area contributed by atoms with Crippen molar-refractivity contribution in [2.24, 2.45) is 5.73 Å². The first-order chi connectivity index (χ1) is 8.74. The number of likely N-dealkylation sites (N-methyl/N-ethyl adjacent to an activating group) is 1. The highest BCUT2D eigenvalue weighted by Gasteiger charge is 2.07. The van der Waals surface area contributed by atoms with Crippen LogP contribution in [-0.2, 0) is 11.3 Å². The van der Waals surface area contributed by atoms with E-state index in [4.69, 9.17) is 5.73 Å². The Balaban J connectivity index is 0. The van der Waals surface area contributed by atoms with Crippen molar-refractivity contribution in [3.05, 3.63) is 18.5 Å². The van der Waals surface area contributed by atoms with E-state index in [2.05, 4.69) is 5.10 Å². The Morgan fingerprint density at radius 1 is 1.25 bits per heavy atom. The zero-order chi connectivity index (χ0) is 13.2. The summed E-state index contributed by atoms with van der Waals surface area (Å²) >= 11 is 0. The van der Waals surface area contributed by atoms with Gasteiger partial charge in [0.1, 0.15) is 0 Å². The number of nitrogens with two attached hydrogens (primary N) is 1. The molecule has 1 rings (SSSR count). The maximum atomic E-state index is 11.8. The smallest absolute Gasteiger partial charge is 0.222 e. The SMILES string of the molecule is CN(CCn1cccn1)C(=O)CCCCCCN.Cl.Cl. The van der Waals surface area contributed by atoms with E-state index in [0.717, 1.165) is 38.8 Å². The quantitative estimate of drug-likeness (QED) is 0.707. The van der Waals surface area contributed by atoms with E-state index >= 15 is 0 Å². The molecule has 0 aliphatic heterocycles. The Labute approximate surface area is 133 Å². The topological polar surface area (TPSA) is 64.2 Å². The fourth-order valence-electron chi connectivity index (χ4n) is 1.77. The summed E-state index contributed by atoms with van der Waals surface area (Å²) in [6.45, 7) is 2.21. The third-order valence-electron chi connectivity index (χ3n) is 2.99. The molecule has 0 saturated heterocycles. The maximum absolute atomic E-state index is 11.8. The van der Waals surface area contributed by atoms with E-state index in [9.17, 15) is 4.79 Å². The molecule has 20 heavy (non-hydrogen) atoms. The Kier molecular flexibility index (Phi) is 14.2. The summed E-state index contributed by atoms with van der Waals surface area (Å²) < 4.78 is 1.84. The second-order valence-electron chi connectivity index (χ2n) is 4.54. The predicted molar refractivity (Wildman–Crippen MR) is 86.5 cm³/mol. The molecule has 0 radical (unpaired) electrons. The van der Waals surface area contributed by atoms with E-state index in [1.807, 2.05) is 24.0 Å². The van der Waals surface area contributed by atoms with E-state index in [1.54, 1.807) is 11.1 Å². The number of hydrogen-bond acceptors (Lipinski definition) is 3. The van der Waals surface area contributed by atoms with Crippen LogP contribution in [0.2, 0.25) is 0 Å². The first kappa shape index (κ1) is 21.5. The number of hydrogen-bond donors (Lipinski definition) is 1. The second kappa shape index (κ2) is 13.2. The van der Waals surface area contributed by atoms with Crippen molar-refractivity contribution in [3.63, 3.8) is 0 Å². The number of carbonyl (C=O) groups excluding carboxylic acids is 1. The van der Waals surface area contributed by atoms with Crippen molar-refractivity contribution in [2.45, 2.75) is 38.6 Å². The molecule has 118 valence electrons. The molecule has 1 aromatic rings. The van der Waals surface area contributed by atoms with Crippen LogP contribution in [0.1, 0.15) is 32.1 Å². The Morgan fingerprint density at radius 2 is 1.95 bits per heavy atom. The molecular formula is C13H26Cl2N4O. The minimum atomic E-state index is 0. The van der Waals surface area contributed by atoms with Crippen molar-refractivity contribution in [1.82, 2.24) is 14.7 Å². The molecule has 1 amide bonds. The molecular weight excluding hydrogens is 299 g/mol. The van der Waals surface area contributed by atoms with Crippen molar-refractivity contribution in [2.75, 3.05) is 20.1 Å². The molecule has 7 heteroatoms. The van der Waals surface area contributed by atoms with Gasteiger partial charge in [-0.15, -0.1) is 24.8 Å². The van der Waals surface area contributed by atoms with Gasteiger partial charge in [0.2, 0.25) is 5.91 Å². The molecule has 0 saturated carbocycles. The van der Waals surface area contributed by atoms with Crippen LogP contribution < -0.4 is 5.73 Å². The minimum absolute atomic E-state index is 0. The average molecular weight is 325 g/mol. The molecule has 0 unspecified atom stereocenters. The molecule has 2 N–H and O–H groups in total. The first-order valence-corrected chi connectivity index (χ1v) is 6.65. The van der Waals surface area contributed by atoms with Gasteiger partial charge in [-0.3, -0.25) is 9.48 Å². The predicted octanol–water partition coefficient (Wildman–Crippen LogP) is 2.09. The number of nitrogens with zero attached hydrogens (tertiary/aromatic N) is 3. The van der Waals surface area contributed by atoms with Gasteiger partial charge in [-0.05, 0) is 25.5 Å². The van der Waals surface area contributed by atoms with E-state index in [-0.39, 0.29) is 30.7 Å². The monoisotopic (exact) mass is 324 g/mol. The van der Waals surface area contributed by atoms with E-state index in [0.29, 0.717) is 13.0 Å². The zero-order valence-corrected chi connectivity index (χ0v) is 13.7. The molecule has 1 aromatic heterocycles. The summed E-state index contributed by atoms with van der Waals surface area (Å²) in [5.74, 6) is 0.218. The molecule has 0 fully saturated rings. The van der Waals surface area contributed by atoms with Crippen LogP contribution >= 0.6 is 24.8 Å². The number of carbonyl (C=O) groups is 1. The van der Waals surface area contributed by atoms with Gasteiger partial charge in [0, 0.05) is 32.4 Å². The van der Waals surface area contributed by atoms with Crippen LogP contribution in [0.4, 0.5) is 0 Å². The van der Waals surface area contributed by atoms with Crippen LogP contribution in [-0.4, -0.2) is 40.7 Å². The number of rotatable bonds is 9. The maximum Gasteiger partial charge on any atom is 0.222 e. The third kappa shape index (κ3) is 9.18. The summed E-state index contributed by atoms with van der Waals surface area (Å²) in [6, 6.07) is 1.89. The van der Waals surface area contributed by atoms with Gasteiger partial charge in [0.05, 0.1) is 6.54 Å². The van der Waals surface area contributed by atoms with Gasteiger partial charge < -0.3 is 10.6 Å².